The van der Waals surface area contributed by atoms with Crippen LogP contribution in [-0.4, -0.2) is 28.8 Å². The maximum Gasteiger partial charge on any atom is 0.267 e. The number of carbonyl (C=O) groups excluding carboxylic acids is 1. The number of aromatic nitrogens is 2. The summed E-state index contributed by atoms with van der Waals surface area (Å²) in [5.74, 6) is -0.0262. The molecule has 1 fully saturated rings. The molecular weight excluding hydrogens is 268 g/mol. The van der Waals surface area contributed by atoms with Crippen LogP contribution in [0, 0.1) is 0 Å². The van der Waals surface area contributed by atoms with Crippen molar-refractivity contribution in [1.82, 2.24) is 20.8 Å². The lowest BCUT2D eigenvalue weighted by Gasteiger charge is -2.24. The molecule has 0 spiro atoms. The van der Waals surface area contributed by atoms with E-state index in [1.54, 1.807) is 0 Å². The molecule has 1 aliphatic heterocycles. The standard InChI is InChI=1S/C15H22N4O2/c20-14(17-13-7-3-4-8-16-13)9-12-10-5-1-2-6-11(10)15(21)19-18-12/h13,16H,1-9H2,(H,17,20)(H,19,21). The molecule has 6 nitrogen and oxygen atoms in total. The van der Waals surface area contributed by atoms with Crippen LogP contribution in [0.15, 0.2) is 4.79 Å². The normalized spacial score (nSPS) is 21.6. The lowest BCUT2D eigenvalue weighted by molar-refractivity contribution is -0.121. The highest BCUT2D eigenvalue weighted by Gasteiger charge is 2.21. The van der Waals surface area contributed by atoms with Crippen molar-refractivity contribution in [3.63, 3.8) is 0 Å². The van der Waals surface area contributed by atoms with Gasteiger partial charge in [0.25, 0.3) is 5.56 Å². The van der Waals surface area contributed by atoms with Gasteiger partial charge in [0.2, 0.25) is 5.91 Å². The fraction of sp³-hybridized carbons (Fsp3) is 0.667. The Kier molecular flexibility index (Phi) is 4.34. The fourth-order valence-electron chi connectivity index (χ4n) is 3.25. The molecule has 0 aromatic carbocycles. The van der Waals surface area contributed by atoms with E-state index in [4.69, 9.17) is 0 Å². The Morgan fingerprint density at radius 2 is 2.00 bits per heavy atom. The van der Waals surface area contributed by atoms with Gasteiger partial charge in [-0.25, -0.2) is 5.10 Å². The summed E-state index contributed by atoms with van der Waals surface area (Å²) in [5.41, 5.74) is 2.46. The SMILES string of the molecule is O=C(Cc1n[nH]c(=O)c2c1CCCC2)NC1CCCCN1. The van der Waals surface area contributed by atoms with Gasteiger partial charge in [-0.15, -0.1) is 0 Å². The Bertz CT molecular complexity index is 576. The summed E-state index contributed by atoms with van der Waals surface area (Å²) >= 11 is 0. The Labute approximate surface area is 123 Å². The van der Waals surface area contributed by atoms with E-state index in [0.29, 0.717) is 0 Å². The minimum atomic E-state index is -0.0946. The van der Waals surface area contributed by atoms with Crippen LogP contribution in [0.5, 0.6) is 0 Å². The number of amides is 1. The van der Waals surface area contributed by atoms with Gasteiger partial charge in [0, 0.05) is 5.56 Å². The summed E-state index contributed by atoms with van der Waals surface area (Å²) in [5, 5.41) is 12.9. The zero-order valence-corrected chi connectivity index (χ0v) is 12.2. The van der Waals surface area contributed by atoms with Crippen molar-refractivity contribution in [2.75, 3.05) is 6.54 Å². The second-order valence-electron chi connectivity index (χ2n) is 5.91. The number of piperidine rings is 1. The van der Waals surface area contributed by atoms with Gasteiger partial charge in [0.1, 0.15) is 0 Å². The van der Waals surface area contributed by atoms with E-state index >= 15 is 0 Å². The fourth-order valence-corrected chi connectivity index (χ4v) is 3.25. The third-order valence-electron chi connectivity index (χ3n) is 4.36. The van der Waals surface area contributed by atoms with Crippen molar-refractivity contribution in [3.05, 3.63) is 27.2 Å². The molecule has 0 saturated carbocycles. The van der Waals surface area contributed by atoms with Crippen LogP contribution in [0.25, 0.3) is 0 Å². The number of carbonyl (C=O) groups is 1. The molecule has 3 rings (SSSR count). The van der Waals surface area contributed by atoms with Gasteiger partial charge >= 0.3 is 0 Å². The predicted molar refractivity (Wildman–Crippen MR) is 79.0 cm³/mol. The van der Waals surface area contributed by atoms with E-state index < -0.39 is 0 Å². The third kappa shape index (κ3) is 3.32. The highest BCUT2D eigenvalue weighted by molar-refractivity contribution is 5.78. The minimum absolute atomic E-state index is 0.0262. The number of H-pyrrole nitrogens is 1. The van der Waals surface area contributed by atoms with Crippen molar-refractivity contribution in [3.8, 4) is 0 Å². The number of nitrogens with one attached hydrogen (secondary N) is 3. The monoisotopic (exact) mass is 290 g/mol. The summed E-state index contributed by atoms with van der Waals surface area (Å²) in [7, 11) is 0. The third-order valence-corrected chi connectivity index (χ3v) is 4.36. The summed E-state index contributed by atoms with van der Waals surface area (Å²) < 4.78 is 0. The van der Waals surface area contributed by atoms with Gasteiger partial charge < -0.3 is 5.32 Å². The first-order valence-corrected chi connectivity index (χ1v) is 7.86. The van der Waals surface area contributed by atoms with Gasteiger partial charge in [0.15, 0.2) is 0 Å². The van der Waals surface area contributed by atoms with E-state index in [-0.39, 0.29) is 24.1 Å². The number of hydrogen-bond donors (Lipinski definition) is 3. The van der Waals surface area contributed by atoms with Crippen molar-refractivity contribution in [2.24, 2.45) is 0 Å². The number of nitrogens with zero attached hydrogens (tertiary/aromatic N) is 1. The molecule has 0 radical (unpaired) electrons. The van der Waals surface area contributed by atoms with Crippen molar-refractivity contribution in [1.29, 1.82) is 0 Å². The summed E-state index contributed by atoms with van der Waals surface area (Å²) in [6, 6.07) is 0. The molecule has 1 atom stereocenters. The summed E-state index contributed by atoms with van der Waals surface area (Å²) in [6.07, 6.45) is 7.37. The second kappa shape index (κ2) is 6.39. The van der Waals surface area contributed by atoms with E-state index in [0.717, 1.165) is 61.9 Å². The molecule has 0 bridgehead atoms. The maximum atomic E-state index is 12.2. The van der Waals surface area contributed by atoms with Crippen LogP contribution in [-0.2, 0) is 24.1 Å². The first-order valence-electron chi connectivity index (χ1n) is 7.86. The lowest BCUT2D eigenvalue weighted by Crippen LogP contribution is -2.48. The molecular formula is C15H22N4O2. The first kappa shape index (κ1) is 14.3. The molecule has 6 heteroatoms. The second-order valence-corrected chi connectivity index (χ2v) is 5.91. The van der Waals surface area contributed by atoms with Gasteiger partial charge in [-0.05, 0) is 57.1 Å². The number of aromatic amines is 1. The molecule has 1 saturated heterocycles. The van der Waals surface area contributed by atoms with Crippen LogP contribution >= 0.6 is 0 Å². The van der Waals surface area contributed by atoms with Gasteiger partial charge in [-0.2, -0.15) is 5.10 Å². The maximum absolute atomic E-state index is 12.2. The molecule has 2 heterocycles. The highest BCUT2D eigenvalue weighted by Crippen LogP contribution is 2.20. The Balaban J connectivity index is 1.69. The number of rotatable bonds is 3. The molecule has 1 amide bonds. The van der Waals surface area contributed by atoms with Gasteiger partial charge in [0.05, 0.1) is 18.3 Å². The first-order chi connectivity index (χ1) is 10.2. The van der Waals surface area contributed by atoms with Crippen LogP contribution in [0.4, 0.5) is 0 Å². The zero-order chi connectivity index (χ0) is 14.7. The average molecular weight is 290 g/mol. The molecule has 1 aliphatic carbocycles. The molecule has 1 aromatic rings. The van der Waals surface area contributed by atoms with Crippen LogP contribution in [0.1, 0.15) is 48.9 Å². The van der Waals surface area contributed by atoms with Crippen LogP contribution in [0.2, 0.25) is 0 Å². The van der Waals surface area contributed by atoms with E-state index in [1.807, 2.05) is 0 Å². The summed E-state index contributed by atoms with van der Waals surface area (Å²) in [4.78, 5) is 24.0. The Morgan fingerprint density at radius 1 is 1.19 bits per heavy atom. The molecule has 3 N–H and O–H groups in total. The lowest BCUT2D eigenvalue weighted by atomic mass is 9.91. The molecule has 1 unspecified atom stereocenters. The summed E-state index contributed by atoms with van der Waals surface area (Å²) in [6.45, 7) is 0.956. The molecule has 114 valence electrons. The minimum Gasteiger partial charge on any atom is -0.340 e. The van der Waals surface area contributed by atoms with Gasteiger partial charge in [-0.1, -0.05) is 0 Å². The van der Waals surface area contributed by atoms with Crippen LogP contribution in [0.3, 0.4) is 0 Å². The molecule has 21 heavy (non-hydrogen) atoms. The zero-order valence-electron chi connectivity index (χ0n) is 12.2. The Morgan fingerprint density at radius 3 is 2.76 bits per heavy atom. The highest BCUT2D eigenvalue weighted by atomic mass is 16.2. The topological polar surface area (TPSA) is 86.9 Å². The molecule has 1 aromatic heterocycles. The van der Waals surface area contributed by atoms with Crippen LogP contribution < -0.4 is 16.2 Å². The largest absolute Gasteiger partial charge is 0.340 e. The number of hydrogen-bond acceptors (Lipinski definition) is 4. The van der Waals surface area contributed by atoms with E-state index in [2.05, 4.69) is 20.8 Å². The van der Waals surface area contributed by atoms with Crippen molar-refractivity contribution in [2.45, 2.75) is 57.5 Å². The van der Waals surface area contributed by atoms with E-state index in [9.17, 15) is 9.59 Å². The van der Waals surface area contributed by atoms with Gasteiger partial charge in [-0.3, -0.25) is 14.9 Å². The van der Waals surface area contributed by atoms with E-state index in [1.165, 1.54) is 6.42 Å². The molecule has 2 aliphatic rings. The number of fused-ring (bicyclic) bond motifs is 1. The van der Waals surface area contributed by atoms with Crippen molar-refractivity contribution < 1.29 is 4.79 Å². The Hall–Kier alpha value is -1.69. The smallest absolute Gasteiger partial charge is 0.267 e. The predicted octanol–water partition coefficient (Wildman–Crippen LogP) is 0.407. The van der Waals surface area contributed by atoms with Crippen molar-refractivity contribution >= 4 is 5.91 Å². The average Bonchev–Trinajstić information content (AvgIpc) is 2.51. The quantitative estimate of drug-likeness (QED) is 0.752.